The summed E-state index contributed by atoms with van der Waals surface area (Å²) in [5.41, 5.74) is 1.59. The minimum atomic E-state index is -0.196. The lowest BCUT2D eigenvalue weighted by Crippen LogP contribution is -2.59. The molecule has 1 aromatic carbocycles. The summed E-state index contributed by atoms with van der Waals surface area (Å²) in [6.07, 6.45) is 0. The number of hydrogen-bond acceptors (Lipinski definition) is 4. The molecule has 1 fully saturated rings. The molecule has 0 bridgehead atoms. The van der Waals surface area contributed by atoms with Gasteiger partial charge in [-0.25, -0.2) is 0 Å². The van der Waals surface area contributed by atoms with Gasteiger partial charge in [0.1, 0.15) is 6.61 Å². The third-order valence-corrected chi connectivity index (χ3v) is 3.21. The van der Waals surface area contributed by atoms with Crippen LogP contribution in [0.5, 0.6) is 0 Å². The van der Waals surface area contributed by atoms with Gasteiger partial charge in [-0.3, -0.25) is 4.79 Å². The quantitative estimate of drug-likeness (QED) is 0.834. The Hall–Kier alpha value is -1.59. The summed E-state index contributed by atoms with van der Waals surface area (Å²) in [6.45, 7) is 3.69. The Kier molecular flexibility index (Phi) is 4.07. The van der Waals surface area contributed by atoms with Crippen molar-refractivity contribution in [3.05, 3.63) is 24.3 Å². The third kappa shape index (κ3) is 3.45. The van der Waals surface area contributed by atoms with E-state index in [2.05, 4.69) is 10.6 Å². The molecule has 1 heterocycles. The first-order valence-corrected chi connectivity index (χ1v) is 6.41. The molecule has 0 aromatic heterocycles. The van der Waals surface area contributed by atoms with Crippen LogP contribution >= 0.6 is 0 Å². The zero-order valence-electron chi connectivity index (χ0n) is 11.7. The number of carbonyl (C=O) groups is 1. The molecular weight excluding hydrogens is 242 g/mol. The van der Waals surface area contributed by atoms with Gasteiger partial charge >= 0.3 is 0 Å². The van der Waals surface area contributed by atoms with Gasteiger partial charge in [0.2, 0.25) is 5.91 Å². The number of hydrogen-bond donors (Lipinski definition) is 2. The maximum absolute atomic E-state index is 11.9. The van der Waals surface area contributed by atoms with Gasteiger partial charge in [-0.2, -0.15) is 0 Å². The molecule has 2 N–H and O–H groups in total. The second-order valence-electron chi connectivity index (χ2n) is 5.30. The molecule has 0 radical (unpaired) electrons. The Bertz CT molecular complexity index is 456. The molecule has 19 heavy (non-hydrogen) atoms. The monoisotopic (exact) mass is 263 g/mol. The molecule has 0 spiro atoms. The fraction of sp³-hybridized carbons (Fsp3) is 0.500. The molecule has 0 atom stereocenters. The molecular formula is C14H21N3O2. The van der Waals surface area contributed by atoms with Crippen LogP contribution in [-0.4, -0.2) is 45.3 Å². The van der Waals surface area contributed by atoms with E-state index in [0.717, 1.165) is 24.5 Å². The number of rotatable bonds is 5. The normalized spacial score (nSPS) is 16.6. The number of carbonyl (C=O) groups excluding carboxylic acids is 1. The highest BCUT2D eigenvalue weighted by atomic mass is 16.5. The van der Waals surface area contributed by atoms with Gasteiger partial charge in [0.05, 0.1) is 17.0 Å². The smallest absolute Gasteiger partial charge is 0.250 e. The Labute approximate surface area is 113 Å². The van der Waals surface area contributed by atoms with Crippen LogP contribution < -0.4 is 15.5 Å². The SMILES string of the molecule is CN(C)c1ccccc1NC(=O)COC1(C)CNC1. The molecule has 5 nitrogen and oxygen atoms in total. The first-order chi connectivity index (χ1) is 9.00. The Morgan fingerprint density at radius 2 is 2.11 bits per heavy atom. The van der Waals surface area contributed by atoms with Gasteiger partial charge in [-0.15, -0.1) is 0 Å². The fourth-order valence-corrected chi connectivity index (χ4v) is 1.97. The van der Waals surface area contributed by atoms with E-state index in [1.807, 2.05) is 50.2 Å². The molecule has 104 valence electrons. The van der Waals surface area contributed by atoms with Gasteiger partial charge in [0.15, 0.2) is 0 Å². The minimum Gasteiger partial charge on any atom is -0.376 e. The van der Waals surface area contributed by atoms with Crippen molar-refractivity contribution >= 4 is 17.3 Å². The van der Waals surface area contributed by atoms with E-state index in [9.17, 15) is 4.79 Å². The average Bonchev–Trinajstić information content (AvgIpc) is 2.34. The predicted octanol–water partition coefficient (Wildman–Crippen LogP) is 1.07. The van der Waals surface area contributed by atoms with E-state index in [0.29, 0.717) is 0 Å². The zero-order valence-corrected chi connectivity index (χ0v) is 11.7. The van der Waals surface area contributed by atoms with Crippen LogP contribution in [0, 0.1) is 0 Å². The second-order valence-corrected chi connectivity index (χ2v) is 5.30. The van der Waals surface area contributed by atoms with E-state index in [1.165, 1.54) is 0 Å². The summed E-state index contributed by atoms with van der Waals surface area (Å²) >= 11 is 0. The topological polar surface area (TPSA) is 53.6 Å². The Morgan fingerprint density at radius 1 is 1.42 bits per heavy atom. The summed E-state index contributed by atoms with van der Waals surface area (Å²) in [4.78, 5) is 13.9. The van der Waals surface area contributed by atoms with E-state index in [1.54, 1.807) is 0 Å². The highest BCUT2D eigenvalue weighted by Crippen LogP contribution is 2.23. The van der Waals surface area contributed by atoms with E-state index in [-0.39, 0.29) is 18.1 Å². The highest BCUT2D eigenvalue weighted by Gasteiger charge is 2.33. The molecule has 1 aliphatic heterocycles. The summed E-state index contributed by atoms with van der Waals surface area (Å²) in [7, 11) is 3.89. The van der Waals surface area contributed by atoms with Crippen molar-refractivity contribution in [1.29, 1.82) is 0 Å². The van der Waals surface area contributed by atoms with Crippen LogP contribution in [0.1, 0.15) is 6.92 Å². The lowest BCUT2D eigenvalue weighted by atomic mass is 10.0. The molecule has 2 rings (SSSR count). The zero-order chi connectivity index (χ0) is 13.9. The largest absolute Gasteiger partial charge is 0.376 e. The lowest BCUT2D eigenvalue weighted by molar-refractivity contribution is -0.130. The Balaban J connectivity index is 1.91. The van der Waals surface area contributed by atoms with Crippen LogP contribution in [0.4, 0.5) is 11.4 Å². The highest BCUT2D eigenvalue weighted by molar-refractivity contribution is 5.95. The molecule has 0 unspecified atom stereocenters. The van der Waals surface area contributed by atoms with Gasteiger partial charge in [0, 0.05) is 27.2 Å². The van der Waals surface area contributed by atoms with Gasteiger partial charge in [-0.05, 0) is 19.1 Å². The number of nitrogens with one attached hydrogen (secondary N) is 2. The first kappa shape index (κ1) is 13.8. The average molecular weight is 263 g/mol. The molecule has 1 aromatic rings. The van der Waals surface area contributed by atoms with Crippen molar-refractivity contribution in [1.82, 2.24) is 5.32 Å². The van der Waals surface area contributed by atoms with Gasteiger partial charge < -0.3 is 20.3 Å². The molecule has 0 saturated carbocycles. The second kappa shape index (κ2) is 5.59. The van der Waals surface area contributed by atoms with E-state index in [4.69, 9.17) is 4.74 Å². The summed E-state index contributed by atoms with van der Waals surface area (Å²) < 4.78 is 5.61. The van der Waals surface area contributed by atoms with Gasteiger partial charge in [-0.1, -0.05) is 12.1 Å². The van der Waals surface area contributed by atoms with Crippen molar-refractivity contribution in [2.45, 2.75) is 12.5 Å². The summed E-state index contributed by atoms with van der Waals surface area (Å²) in [5.74, 6) is -0.123. The van der Waals surface area contributed by atoms with Crippen molar-refractivity contribution in [3.63, 3.8) is 0 Å². The molecule has 5 heteroatoms. The van der Waals surface area contributed by atoms with Crippen molar-refractivity contribution in [2.24, 2.45) is 0 Å². The number of nitrogens with zero attached hydrogens (tertiary/aromatic N) is 1. The number of anilines is 2. The van der Waals surface area contributed by atoms with E-state index < -0.39 is 0 Å². The van der Waals surface area contributed by atoms with Crippen LogP contribution in [0.2, 0.25) is 0 Å². The van der Waals surface area contributed by atoms with Crippen molar-refractivity contribution in [3.8, 4) is 0 Å². The van der Waals surface area contributed by atoms with Crippen LogP contribution in [-0.2, 0) is 9.53 Å². The predicted molar refractivity (Wildman–Crippen MR) is 76.6 cm³/mol. The molecule has 0 aliphatic carbocycles. The summed E-state index contributed by atoms with van der Waals surface area (Å²) in [5, 5.41) is 6.02. The van der Waals surface area contributed by atoms with Gasteiger partial charge in [0.25, 0.3) is 0 Å². The molecule has 1 aliphatic rings. The van der Waals surface area contributed by atoms with Crippen LogP contribution in [0.15, 0.2) is 24.3 Å². The fourth-order valence-electron chi connectivity index (χ4n) is 1.97. The number of amides is 1. The maximum Gasteiger partial charge on any atom is 0.250 e. The number of ether oxygens (including phenoxy) is 1. The third-order valence-electron chi connectivity index (χ3n) is 3.21. The van der Waals surface area contributed by atoms with Crippen molar-refractivity contribution < 1.29 is 9.53 Å². The first-order valence-electron chi connectivity index (χ1n) is 6.41. The molecule has 1 amide bonds. The Morgan fingerprint density at radius 3 is 2.68 bits per heavy atom. The minimum absolute atomic E-state index is 0.0833. The standard InChI is InChI=1S/C14H21N3O2/c1-14(9-15-10-14)19-8-13(18)16-11-6-4-5-7-12(11)17(2)3/h4-7,15H,8-10H2,1-3H3,(H,16,18). The maximum atomic E-state index is 11.9. The number of para-hydroxylation sites is 2. The van der Waals surface area contributed by atoms with Crippen molar-refractivity contribution in [2.75, 3.05) is 44.0 Å². The van der Waals surface area contributed by atoms with Crippen LogP contribution in [0.3, 0.4) is 0 Å². The van der Waals surface area contributed by atoms with Crippen LogP contribution in [0.25, 0.3) is 0 Å². The van der Waals surface area contributed by atoms with E-state index >= 15 is 0 Å². The summed E-state index contributed by atoms with van der Waals surface area (Å²) in [6, 6.07) is 7.71. The lowest BCUT2D eigenvalue weighted by Gasteiger charge is -2.38. The molecule has 1 saturated heterocycles. The number of benzene rings is 1.